The van der Waals surface area contributed by atoms with E-state index >= 15 is 0 Å². The quantitative estimate of drug-likeness (QED) is 0.916. The molecule has 0 radical (unpaired) electrons. The van der Waals surface area contributed by atoms with Crippen molar-refractivity contribution in [2.45, 2.75) is 12.2 Å². The van der Waals surface area contributed by atoms with Crippen LogP contribution in [-0.2, 0) is 9.47 Å². The molecule has 0 saturated carbocycles. The highest BCUT2D eigenvalue weighted by Gasteiger charge is 2.35. The fourth-order valence-electron chi connectivity index (χ4n) is 2.66. The molecular weight excluding hydrogens is 278 g/mol. The summed E-state index contributed by atoms with van der Waals surface area (Å²) in [6.45, 7) is 0.755. The minimum Gasteiger partial charge on any atom is -0.465 e. The fourth-order valence-corrected chi connectivity index (χ4v) is 2.66. The van der Waals surface area contributed by atoms with Crippen LogP contribution < -0.4 is 9.47 Å². The summed E-state index contributed by atoms with van der Waals surface area (Å²) in [5, 5.41) is 9.04. The van der Waals surface area contributed by atoms with Gasteiger partial charge in [-0.3, -0.25) is 0 Å². The van der Waals surface area contributed by atoms with E-state index in [1.165, 1.54) is 11.9 Å². The van der Waals surface area contributed by atoms with Gasteiger partial charge in [0.2, 0.25) is 6.79 Å². The van der Waals surface area contributed by atoms with E-state index in [9.17, 15) is 4.79 Å². The first-order valence-corrected chi connectivity index (χ1v) is 6.62. The topological polar surface area (TPSA) is 77.5 Å². The first kappa shape index (κ1) is 14.0. The molecule has 2 unspecified atom stereocenters. The van der Waals surface area contributed by atoms with Crippen LogP contribution in [0.2, 0.25) is 0 Å². The molecule has 114 valence electrons. The predicted molar refractivity (Wildman–Crippen MR) is 71.7 cm³/mol. The molecule has 7 nitrogen and oxygen atoms in total. The number of benzene rings is 1. The van der Waals surface area contributed by atoms with Gasteiger partial charge in [0.1, 0.15) is 12.2 Å². The minimum atomic E-state index is -1.00. The van der Waals surface area contributed by atoms with Gasteiger partial charge in [-0.25, -0.2) is 4.79 Å². The third kappa shape index (κ3) is 2.38. The van der Waals surface area contributed by atoms with E-state index in [0.29, 0.717) is 18.1 Å². The summed E-state index contributed by atoms with van der Waals surface area (Å²) in [6.07, 6.45) is -1.59. The number of amides is 1. The number of hydrogen-bond donors (Lipinski definition) is 1. The number of carboxylic acid groups (broad SMARTS) is 1. The maximum atomic E-state index is 11.0. The number of hydrogen-bond acceptors (Lipinski definition) is 5. The van der Waals surface area contributed by atoms with E-state index in [-0.39, 0.29) is 19.4 Å². The summed E-state index contributed by atoms with van der Waals surface area (Å²) in [5.41, 5.74) is 1.77. The molecule has 0 spiro atoms. The highest BCUT2D eigenvalue weighted by molar-refractivity contribution is 5.64. The highest BCUT2D eigenvalue weighted by Crippen LogP contribution is 2.46. The second-order valence-electron chi connectivity index (χ2n) is 5.01. The van der Waals surface area contributed by atoms with E-state index in [2.05, 4.69) is 0 Å². The smallest absolute Gasteiger partial charge is 0.407 e. The summed E-state index contributed by atoms with van der Waals surface area (Å²) in [5.74, 6) is 1.27. The van der Waals surface area contributed by atoms with Crippen LogP contribution in [-0.4, -0.2) is 50.2 Å². The van der Waals surface area contributed by atoms with Crippen molar-refractivity contribution in [3.8, 4) is 11.5 Å². The zero-order chi connectivity index (χ0) is 15.0. The number of carbonyl (C=O) groups is 1. The molecule has 2 atom stereocenters. The Labute approximate surface area is 122 Å². The standard InChI is InChI=1S/C14H17NO6/c1-15(14(16)17)5-10-12-8(11(18-2)6-19-10)3-4-9-13(12)21-7-20-9/h3-4,10-11H,5-7H2,1-2H3,(H,16,17). The summed E-state index contributed by atoms with van der Waals surface area (Å²) in [7, 11) is 3.13. The maximum Gasteiger partial charge on any atom is 0.407 e. The van der Waals surface area contributed by atoms with E-state index in [0.717, 1.165) is 11.1 Å². The monoisotopic (exact) mass is 295 g/mol. The third-order valence-corrected chi connectivity index (χ3v) is 3.78. The van der Waals surface area contributed by atoms with Gasteiger partial charge in [0, 0.05) is 19.7 Å². The lowest BCUT2D eigenvalue weighted by Gasteiger charge is -2.33. The van der Waals surface area contributed by atoms with E-state index in [1.807, 2.05) is 12.1 Å². The Morgan fingerprint density at radius 3 is 3.00 bits per heavy atom. The van der Waals surface area contributed by atoms with Crippen LogP contribution in [0.1, 0.15) is 23.3 Å². The van der Waals surface area contributed by atoms with Crippen molar-refractivity contribution in [3.63, 3.8) is 0 Å². The van der Waals surface area contributed by atoms with Gasteiger partial charge in [0.15, 0.2) is 11.5 Å². The molecule has 0 fully saturated rings. The number of fused-ring (bicyclic) bond motifs is 3. The molecule has 0 aliphatic carbocycles. The van der Waals surface area contributed by atoms with Gasteiger partial charge < -0.3 is 29.0 Å². The highest BCUT2D eigenvalue weighted by atomic mass is 16.7. The molecule has 2 heterocycles. The van der Waals surface area contributed by atoms with Crippen molar-refractivity contribution >= 4 is 6.09 Å². The molecule has 7 heteroatoms. The molecule has 3 rings (SSSR count). The lowest BCUT2D eigenvalue weighted by atomic mass is 9.94. The van der Waals surface area contributed by atoms with Gasteiger partial charge in [-0.15, -0.1) is 0 Å². The average molecular weight is 295 g/mol. The number of methoxy groups -OCH3 is 1. The largest absolute Gasteiger partial charge is 0.465 e. The van der Waals surface area contributed by atoms with Gasteiger partial charge in [0.25, 0.3) is 0 Å². The molecule has 0 bridgehead atoms. The molecule has 0 aromatic heterocycles. The van der Waals surface area contributed by atoms with Gasteiger partial charge in [-0.05, 0) is 11.6 Å². The molecule has 21 heavy (non-hydrogen) atoms. The molecular formula is C14H17NO6. The second-order valence-corrected chi connectivity index (χ2v) is 5.01. The SMILES string of the molecule is COC1COC(CN(C)C(=O)O)c2c1ccc1c2OCO1. The third-order valence-electron chi connectivity index (χ3n) is 3.78. The summed E-state index contributed by atoms with van der Waals surface area (Å²) < 4.78 is 22.1. The zero-order valence-electron chi connectivity index (χ0n) is 11.9. The van der Waals surface area contributed by atoms with E-state index in [4.69, 9.17) is 24.1 Å². The lowest BCUT2D eigenvalue weighted by molar-refractivity contribution is -0.0554. The van der Waals surface area contributed by atoms with Crippen LogP contribution in [0.3, 0.4) is 0 Å². The second kappa shape index (κ2) is 5.42. The maximum absolute atomic E-state index is 11.0. The first-order valence-electron chi connectivity index (χ1n) is 6.62. The van der Waals surface area contributed by atoms with Crippen molar-refractivity contribution in [2.75, 3.05) is 34.1 Å². The molecule has 2 aliphatic rings. The Morgan fingerprint density at radius 2 is 2.29 bits per heavy atom. The molecule has 0 saturated heterocycles. The van der Waals surface area contributed by atoms with Crippen LogP contribution in [0, 0.1) is 0 Å². The summed E-state index contributed by atoms with van der Waals surface area (Å²) >= 11 is 0. The van der Waals surface area contributed by atoms with Crippen molar-refractivity contribution in [1.29, 1.82) is 0 Å². The van der Waals surface area contributed by atoms with Crippen molar-refractivity contribution in [2.24, 2.45) is 0 Å². The van der Waals surface area contributed by atoms with E-state index in [1.54, 1.807) is 7.11 Å². The van der Waals surface area contributed by atoms with Crippen LogP contribution >= 0.6 is 0 Å². The molecule has 2 aliphatic heterocycles. The van der Waals surface area contributed by atoms with Gasteiger partial charge in [-0.2, -0.15) is 0 Å². The van der Waals surface area contributed by atoms with Gasteiger partial charge in [-0.1, -0.05) is 6.07 Å². The van der Waals surface area contributed by atoms with Crippen LogP contribution in [0.5, 0.6) is 11.5 Å². The van der Waals surface area contributed by atoms with Gasteiger partial charge >= 0.3 is 6.09 Å². The van der Waals surface area contributed by atoms with Crippen molar-refractivity contribution in [1.82, 2.24) is 4.90 Å². The first-order chi connectivity index (χ1) is 10.1. The van der Waals surface area contributed by atoms with Crippen LogP contribution in [0.15, 0.2) is 12.1 Å². The zero-order valence-corrected chi connectivity index (χ0v) is 11.9. The normalized spacial score (nSPS) is 22.8. The van der Waals surface area contributed by atoms with Crippen LogP contribution in [0.4, 0.5) is 4.79 Å². The van der Waals surface area contributed by atoms with Gasteiger partial charge in [0.05, 0.1) is 13.2 Å². The molecule has 1 aromatic carbocycles. The Kier molecular flexibility index (Phi) is 3.60. The Morgan fingerprint density at radius 1 is 1.48 bits per heavy atom. The van der Waals surface area contributed by atoms with Crippen molar-refractivity contribution in [3.05, 3.63) is 23.3 Å². The Hall–Kier alpha value is -1.99. The molecule has 1 amide bonds. The number of nitrogens with zero attached hydrogens (tertiary/aromatic N) is 1. The van der Waals surface area contributed by atoms with E-state index < -0.39 is 12.2 Å². The molecule has 1 aromatic rings. The summed E-state index contributed by atoms with van der Waals surface area (Å²) in [6, 6.07) is 3.77. The molecule has 1 N–H and O–H groups in total. The van der Waals surface area contributed by atoms with Crippen LogP contribution in [0.25, 0.3) is 0 Å². The minimum absolute atomic E-state index is 0.158. The number of ether oxygens (including phenoxy) is 4. The average Bonchev–Trinajstić information content (AvgIpc) is 2.95. The predicted octanol–water partition coefficient (Wildman–Crippen LogP) is 1.78. The Bertz CT molecular complexity index is 561. The number of rotatable bonds is 3. The van der Waals surface area contributed by atoms with Crippen molar-refractivity contribution < 1.29 is 28.8 Å². The number of likely N-dealkylation sites (N-methyl/N-ethyl adjacent to an activating group) is 1. The lowest BCUT2D eigenvalue weighted by Crippen LogP contribution is -2.34. The Balaban J connectivity index is 1.99. The fraction of sp³-hybridized carbons (Fsp3) is 0.500. The summed E-state index contributed by atoms with van der Waals surface area (Å²) in [4.78, 5) is 12.2.